The van der Waals surface area contributed by atoms with Gasteiger partial charge in [0.05, 0.1) is 4.47 Å². The maximum Gasteiger partial charge on any atom is 0.137 e. The third-order valence-electron chi connectivity index (χ3n) is 2.87. The first-order chi connectivity index (χ1) is 6.72. The fourth-order valence-electron chi connectivity index (χ4n) is 1.85. The highest BCUT2D eigenvalue weighted by Crippen LogP contribution is 2.41. The first-order valence-electron chi connectivity index (χ1n) is 4.62. The van der Waals surface area contributed by atoms with Crippen LogP contribution in [0.1, 0.15) is 24.3 Å². The maximum absolute atomic E-state index is 12.9. The van der Waals surface area contributed by atoms with E-state index in [0.29, 0.717) is 10.4 Å². The van der Waals surface area contributed by atoms with Gasteiger partial charge in [0.15, 0.2) is 0 Å². The number of halogens is 2. The fraction of sp³-hybridized carbons (Fsp3) is 0.364. The molecule has 14 heavy (non-hydrogen) atoms. The van der Waals surface area contributed by atoms with Gasteiger partial charge in [0.2, 0.25) is 0 Å². The van der Waals surface area contributed by atoms with Crippen molar-refractivity contribution in [1.82, 2.24) is 0 Å². The zero-order chi connectivity index (χ0) is 10.1. The van der Waals surface area contributed by atoms with E-state index in [1.54, 1.807) is 12.1 Å². The fourth-order valence-corrected chi connectivity index (χ4v) is 2.24. The van der Waals surface area contributed by atoms with Gasteiger partial charge in [-0.1, -0.05) is 6.07 Å². The van der Waals surface area contributed by atoms with Crippen molar-refractivity contribution in [2.45, 2.75) is 18.8 Å². The lowest BCUT2D eigenvalue weighted by Gasteiger charge is -2.33. The number of benzene rings is 1. The van der Waals surface area contributed by atoms with E-state index in [-0.39, 0.29) is 11.7 Å². The van der Waals surface area contributed by atoms with Crippen LogP contribution >= 0.6 is 15.9 Å². The monoisotopic (exact) mass is 256 g/mol. The summed E-state index contributed by atoms with van der Waals surface area (Å²) in [6, 6.07) is 4.98. The summed E-state index contributed by atoms with van der Waals surface area (Å²) in [6.45, 7) is 0. The van der Waals surface area contributed by atoms with Gasteiger partial charge < -0.3 is 4.79 Å². The van der Waals surface area contributed by atoms with E-state index < -0.39 is 0 Å². The van der Waals surface area contributed by atoms with E-state index in [9.17, 15) is 9.18 Å². The molecule has 0 aliphatic heterocycles. The third kappa shape index (κ3) is 1.61. The van der Waals surface area contributed by atoms with Crippen LogP contribution in [0.3, 0.4) is 0 Å². The predicted molar refractivity (Wildman–Crippen MR) is 55.6 cm³/mol. The van der Waals surface area contributed by atoms with Crippen LogP contribution < -0.4 is 0 Å². The summed E-state index contributed by atoms with van der Waals surface area (Å²) >= 11 is 3.15. The van der Waals surface area contributed by atoms with Gasteiger partial charge >= 0.3 is 0 Å². The first kappa shape index (κ1) is 9.84. The molecule has 2 rings (SSSR count). The summed E-state index contributed by atoms with van der Waals surface area (Å²) in [7, 11) is 0. The molecular weight excluding hydrogens is 247 g/mol. The predicted octanol–water partition coefficient (Wildman–Crippen LogP) is 3.28. The second-order valence-electron chi connectivity index (χ2n) is 3.66. The highest BCUT2D eigenvalue weighted by Gasteiger charge is 2.31. The molecule has 3 heteroatoms. The highest BCUT2D eigenvalue weighted by atomic mass is 79.9. The molecule has 1 nitrogen and oxygen atoms in total. The normalized spacial score (nSPS) is 25.6. The van der Waals surface area contributed by atoms with Gasteiger partial charge in [0, 0.05) is 5.92 Å². The Morgan fingerprint density at radius 3 is 2.71 bits per heavy atom. The van der Waals surface area contributed by atoms with Crippen LogP contribution in [0.25, 0.3) is 0 Å². The Hall–Kier alpha value is -0.700. The van der Waals surface area contributed by atoms with Gasteiger partial charge in [0.25, 0.3) is 0 Å². The molecule has 74 valence electrons. The Morgan fingerprint density at radius 2 is 2.21 bits per heavy atom. The molecular formula is C11H10BrFO. The molecule has 0 spiro atoms. The molecule has 1 aliphatic carbocycles. The van der Waals surface area contributed by atoms with Crippen LogP contribution in [-0.4, -0.2) is 6.29 Å². The Labute approximate surface area is 90.4 Å². The van der Waals surface area contributed by atoms with Crippen molar-refractivity contribution in [2.24, 2.45) is 5.92 Å². The smallest absolute Gasteiger partial charge is 0.137 e. The van der Waals surface area contributed by atoms with E-state index in [0.717, 1.165) is 24.7 Å². The molecule has 0 N–H and O–H groups in total. The minimum absolute atomic E-state index is 0.132. The summed E-state index contributed by atoms with van der Waals surface area (Å²) in [6.07, 6.45) is 3.00. The average molecular weight is 257 g/mol. The van der Waals surface area contributed by atoms with E-state index >= 15 is 0 Å². The molecule has 1 aromatic rings. The van der Waals surface area contributed by atoms with Gasteiger partial charge in [-0.05, 0) is 52.4 Å². The summed E-state index contributed by atoms with van der Waals surface area (Å²) in [5.41, 5.74) is 1.06. The molecule has 0 amide bonds. The Kier molecular flexibility index (Phi) is 2.68. The molecule has 2 atom stereocenters. The lowest BCUT2D eigenvalue weighted by atomic mass is 9.71. The average Bonchev–Trinajstić information content (AvgIpc) is 2.10. The standard InChI is InChI=1S/C11H10BrFO/c12-10-5-7(2-4-11(10)13)9-3-1-8(9)6-14/h2,4-6,8-9H,1,3H2. The van der Waals surface area contributed by atoms with Gasteiger partial charge in [-0.25, -0.2) is 4.39 Å². The third-order valence-corrected chi connectivity index (χ3v) is 3.48. The van der Waals surface area contributed by atoms with Gasteiger partial charge in [-0.3, -0.25) is 0 Å². The molecule has 1 fully saturated rings. The minimum atomic E-state index is -0.254. The number of aldehydes is 1. The molecule has 0 radical (unpaired) electrons. The maximum atomic E-state index is 12.9. The molecule has 1 aromatic carbocycles. The first-order valence-corrected chi connectivity index (χ1v) is 5.42. The number of hydrogen-bond acceptors (Lipinski definition) is 1. The lowest BCUT2D eigenvalue weighted by molar-refractivity contribution is -0.113. The van der Waals surface area contributed by atoms with Crippen LogP contribution in [0.2, 0.25) is 0 Å². The Balaban J connectivity index is 2.24. The van der Waals surface area contributed by atoms with Gasteiger partial charge in [0.1, 0.15) is 12.1 Å². The SMILES string of the molecule is O=CC1CCC1c1ccc(F)c(Br)c1. The Bertz CT molecular complexity index is 364. The Morgan fingerprint density at radius 1 is 1.43 bits per heavy atom. The van der Waals surface area contributed by atoms with Gasteiger partial charge in [-0.2, -0.15) is 0 Å². The number of carbonyl (C=O) groups is 1. The summed E-state index contributed by atoms with van der Waals surface area (Å²) in [5, 5.41) is 0. The summed E-state index contributed by atoms with van der Waals surface area (Å²) < 4.78 is 13.4. The van der Waals surface area contributed by atoms with Crippen LogP contribution in [-0.2, 0) is 4.79 Å². The van der Waals surface area contributed by atoms with Crippen LogP contribution in [0.4, 0.5) is 4.39 Å². The second-order valence-corrected chi connectivity index (χ2v) is 4.51. The molecule has 0 heterocycles. The molecule has 1 saturated carbocycles. The number of carbonyl (C=O) groups excluding carboxylic acids is 1. The molecule has 0 saturated heterocycles. The molecule has 1 aliphatic rings. The molecule has 2 unspecified atom stereocenters. The zero-order valence-electron chi connectivity index (χ0n) is 7.54. The van der Waals surface area contributed by atoms with Crippen LogP contribution in [0.15, 0.2) is 22.7 Å². The highest BCUT2D eigenvalue weighted by molar-refractivity contribution is 9.10. The molecule has 0 aromatic heterocycles. The second kappa shape index (κ2) is 3.81. The van der Waals surface area contributed by atoms with Crippen molar-refractivity contribution in [3.63, 3.8) is 0 Å². The number of rotatable bonds is 2. The lowest BCUT2D eigenvalue weighted by Crippen LogP contribution is -2.24. The van der Waals surface area contributed by atoms with Crippen molar-refractivity contribution < 1.29 is 9.18 Å². The quantitative estimate of drug-likeness (QED) is 0.743. The van der Waals surface area contributed by atoms with E-state index in [1.165, 1.54) is 6.07 Å². The molecule has 0 bridgehead atoms. The van der Waals surface area contributed by atoms with Crippen molar-refractivity contribution in [2.75, 3.05) is 0 Å². The largest absolute Gasteiger partial charge is 0.303 e. The topological polar surface area (TPSA) is 17.1 Å². The van der Waals surface area contributed by atoms with E-state index in [2.05, 4.69) is 15.9 Å². The van der Waals surface area contributed by atoms with Crippen LogP contribution in [0.5, 0.6) is 0 Å². The summed E-state index contributed by atoms with van der Waals surface area (Å²) in [4.78, 5) is 10.6. The van der Waals surface area contributed by atoms with Crippen molar-refractivity contribution in [3.05, 3.63) is 34.1 Å². The van der Waals surface area contributed by atoms with Crippen molar-refractivity contribution in [3.8, 4) is 0 Å². The number of hydrogen-bond donors (Lipinski definition) is 0. The van der Waals surface area contributed by atoms with E-state index in [1.807, 2.05) is 0 Å². The van der Waals surface area contributed by atoms with Crippen molar-refractivity contribution in [1.29, 1.82) is 0 Å². The van der Waals surface area contributed by atoms with Crippen molar-refractivity contribution >= 4 is 22.2 Å². The summed E-state index contributed by atoms with van der Waals surface area (Å²) in [5.74, 6) is 0.174. The minimum Gasteiger partial charge on any atom is -0.303 e. The van der Waals surface area contributed by atoms with Crippen LogP contribution in [0, 0.1) is 11.7 Å². The van der Waals surface area contributed by atoms with E-state index in [4.69, 9.17) is 0 Å². The van der Waals surface area contributed by atoms with Gasteiger partial charge in [-0.15, -0.1) is 0 Å². The zero-order valence-corrected chi connectivity index (χ0v) is 9.13.